The standard InChI is InChI=1S/C12H18/c1-6-8-12(10(3)4)9-11(5)7-2/h6,8-9H,3,5,7H2,1-2,4H3/b8-6-,12-9+. The van der Waals surface area contributed by atoms with Crippen LogP contribution in [0.4, 0.5) is 0 Å². The van der Waals surface area contributed by atoms with Gasteiger partial charge < -0.3 is 0 Å². The fraction of sp³-hybridized carbons (Fsp3) is 0.333. The molecule has 0 amide bonds. The summed E-state index contributed by atoms with van der Waals surface area (Å²) >= 11 is 0. The molecule has 0 fully saturated rings. The van der Waals surface area contributed by atoms with Crippen molar-refractivity contribution in [2.45, 2.75) is 27.2 Å². The van der Waals surface area contributed by atoms with E-state index in [1.807, 2.05) is 19.9 Å². The van der Waals surface area contributed by atoms with E-state index in [-0.39, 0.29) is 0 Å². The Hall–Kier alpha value is -1.04. The lowest BCUT2D eigenvalue weighted by atomic mass is 10.0. The van der Waals surface area contributed by atoms with Crippen LogP contribution in [0.3, 0.4) is 0 Å². The Morgan fingerprint density at radius 1 is 1.33 bits per heavy atom. The summed E-state index contributed by atoms with van der Waals surface area (Å²) < 4.78 is 0. The summed E-state index contributed by atoms with van der Waals surface area (Å²) in [5.41, 5.74) is 3.40. The maximum Gasteiger partial charge on any atom is -0.0234 e. The largest absolute Gasteiger partial charge is 0.0958 e. The third kappa shape index (κ3) is 3.97. The van der Waals surface area contributed by atoms with Crippen molar-refractivity contribution in [1.82, 2.24) is 0 Å². The molecule has 12 heavy (non-hydrogen) atoms. The van der Waals surface area contributed by atoms with Crippen LogP contribution in [0.25, 0.3) is 0 Å². The predicted molar refractivity (Wildman–Crippen MR) is 57.1 cm³/mol. The molecule has 0 rings (SSSR count). The molecule has 0 aliphatic heterocycles. The second kappa shape index (κ2) is 5.59. The monoisotopic (exact) mass is 162 g/mol. The fourth-order valence-electron chi connectivity index (χ4n) is 0.815. The summed E-state index contributed by atoms with van der Waals surface area (Å²) in [6.45, 7) is 13.9. The average Bonchev–Trinajstić information content (AvgIpc) is 2.03. The molecular formula is C12H18. The minimum absolute atomic E-state index is 0.994. The molecule has 0 heterocycles. The van der Waals surface area contributed by atoms with Crippen molar-refractivity contribution in [2.24, 2.45) is 0 Å². The van der Waals surface area contributed by atoms with Gasteiger partial charge in [-0.25, -0.2) is 0 Å². The summed E-state index contributed by atoms with van der Waals surface area (Å²) in [7, 11) is 0. The average molecular weight is 162 g/mol. The van der Waals surface area contributed by atoms with E-state index in [1.54, 1.807) is 0 Å². The lowest BCUT2D eigenvalue weighted by Gasteiger charge is -2.01. The molecule has 0 aliphatic rings. The van der Waals surface area contributed by atoms with E-state index < -0.39 is 0 Å². The molecule has 0 saturated heterocycles. The van der Waals surface area contributed by atoms with Crippen LogP contribution in [0.2, 0.25) is 0 Å². The van der Waals surface area contributed by atoms with Crippen LogP contribution in [-0.4, -0.2) is 0 Å². The van der Waals surface area contributed by atoms with Crippen LogP contribution < -0.4 is 0 Å². The van der Waals surface area contributed by atoms with Crippen molar-refractivity contribution in [3.05, 3.63) is 48.1 Å². The van der Waals surface area contributed by atoms with E-state index in [2.05, 4.69) is 32.2 Å². The maximum absolute atomic E-state index is 3.93. The van der Waals surface area contributed by atoms with E-state index in [0.29, 0.717) is 0 Å². The summed E-state index contributed by atoms with van der Waals surface area (Å²) in [6.07, 6.45) is 7.16. The Bertz CT molecular complexity index is 226. The third-order valence-corrected chi connectivity index (χ3v) is 1.65. The molecule has 0 spiro atoms. The molecule has 0 atom stereocenters. The molecule has 66 valence electrons. The molecule has 0 bridgehead atoms. The van der Waals surface area contributed by atoms with Gasteiger partial charge in [0.15, 0.2) is 0 Å². The van der Waals surface area contributed by atoms with Gasteiger partial charge in [-0.3, -0.25) is 0 Å². The first-order valence-electron chi connectivity index (χ1n) is 4.29. The van der Waals surface area contributed by atoms with E-state index in [1.165, 1.54) is 5.57 Å². The van der Waals surface area contributed by atoms with Crippen LogP contribution in [-0.2, 0) is 0 Å². The first-order valence-corrected chi connectivity index (χ1v) is 4.29. The smallest absolute Gasteiger partial charge is 0.0234 e. The molecule has 0 aliphatic carbocycles. The highest BCUT2D eigenvalue weighted by Gasteiger charge is 1.92. The number of hydrogen-bond acceptors (Lipinski definition) is 0. The molecule has 0 aromatic rings. The molecule has 0 N–H and O–H groups in total. The quantitative estimate of drug-likeness (QED) is 0.547. The lowest BCUT2D eigenvalue weighted by molar-refractivity contribution is 1.15. The van der Waals surface area contributed by atoms with Crippen molar-refractivity contribution in [3.8, 4) is 0 Å². The lowest BCUT2D eigenvalue weighted by Crippen LogP contribution is -1.81. The van der Waals surface area contributed by atoms with Crippen LogP contribution in [0.15, 0.2) is 48.1 Å². The third-order valence-electron chi connectivity index (χ3n) is 1.65. The molecule has 0 radical (unpaired) electrons. The van der Waals surface area contributed by atoms with Gasteiger partial charge >= 0.3 is 0 Å². The zero-order valence-electron chi connectivity index (χ0n) is 8.35. The molecule has 0 unspecified atom stereocenters. The number of hydrogen-bond donors (Lipinski definition) is 0. The first kappa shape index (κ1) is 11.0. The van der Waals surface area contributed by atoms with Gasteiger partial charge in [0.1, 0.15) is 0 Å². The first-order chi connectivity index (χ1) is 5.61. The summed E-state index contributed by atoms with van der Waals surface area (Å²) in [4.78, 5) is 0. The van der Waals surface area contributed by atoms with Gasteiger partial charge in [0.25, 0.3) is 0 Å². The van der Waals surface area contributed by atoms with Crippen LogP contribution in [0.5, 0.6) is 0 Å². The van der Waals surface area contributed by atoms with E-state index in [4.69, 9.17) is 0 Å². The maximum atomic E-state index is 3.93. The zero-order valence-corrected chi connectivity index (χ0v) is 8.35. The van der Waals surface area contributed by atoms with Gasteiger partial charge in [0.2, 0.25) is 0 Å². The van der Waals surface area contributed by atoms with Gasteiger partial charge in [-0.05, 0) is 25.8 Å². The topological polar surface area (TPSA) is 0 Å². The Balaban J connectivity index is 4.61. The molecule has 0 nitrogen and oxygen atoms in total. The fourth-order valence-corrected chi connectivity index (χ4v) is 0.815. The predicted octanol–water partition coefficient (Wildman–Crippen LogP) is 4.03. The number of allylic oxidation sites excluding steroid dienone is 6. The van der Waals surface area contributed by atoms with Crippen LogP contribution >= 0.6 is 0 Å². The molecule has 0 heteroatoms. The molecule has 0 aromatic heterocycles. The molecule has 0 aromatic carbocycles. The van der Waals surface area contributed by atoms with Crippen molar-refractivity contribution >= 4 is 0 Å². The minimum atomic E-state index is 0.994. The van der Waals surface area contributed by atoms with E-state index in [9.17, 15) is 0 Å². The summed E-state index contributed by atoms with van der Waals surface area (Å²) in [5.74, 6) is 0. The second-order valence-corrected chi connectivity index (χ2v) is 2.89. The minimum Gasteiger partial charge on any atom is -0.0958 e. The number of rotatable bonds is 4. The van der Waals surface area contributed by atoms with Gasteiger partial charge in [0.05, 0.1) is 0 Å². The van der Waals surface area contributed by atoms with Crippen LogP contribution in [0, 0.1) is 0 Å². The van der Waals surface area contributed by atoms with E-state index >= 15 is 0 Å². The Morgan fingerprint density at radius 3 is 2.25 bits per heavy atom. The van der Waals surface area contributed by atoms with Gasteiger partial charge in [0, 0.05) is 0 Å². The van der Waals surface area contributed by atoms with E-state index in [0.717, 1.165) is 17.6 Å². The van der Waals surface area contributed by atoms with Gasteiger partial charge in [-0.2, -0.15) is 0 Å². The van der Waals surface area contributed by atoms with Crippen molar-refractivity contribution in [2.75, 3.05) is 0 Å². The van der Waals surface area contributed by atoms with Crippen molar-refractivity contribution < 1.29 is 0 Å². The summed E-state index contributed by atoms with van der Waals surface area (Å²) in [5, 5.41) is 0. The van der Waals surface area contributed by atoms with Crippen molar-refractivity contribution in [1.29, 1.82) is 0 Å². The molecular weight excluding hydrogens is 144 g/mol. The molecule has 0 saturated carbocycles. The van der Waals surface area contributed by atoms with Gasteiger partial charge in [-0.1, -0.05) is 49.5 Å². The SMILES string of the molecule is C=C(/C=C(\C=C/C)C(=C)C)CC. The Labute approximate surface area is 76.0 Å². The zero-order chi connectivity index (χ0) is 9.56. The highest BCUT2D eigenvalue weighted by molar-refractivity contribution is 5.41. The normalized spacial score (nSPS) is 12.1. The Kier molecular flexibility index (Phi) is 5.11. The highest BCUT2D eigenvalue weighted by atomic mass is 14.0. The second-order valence-electron chi connectivity index (χ2n) is 2.89. The Morgan fingerprint density at radius 2 is 1.92 bits per heavy atom. The van der Waals surface area contributed by atoms with Crippen LogP contribution in [0.1, 0.15) is 27.2 Å². The highest BCUT2D eigenvalue weighted by Crippen LogP contribution is 2.12. The van der Waals surface area contributed by atoms with Crippen molar-refractivity contribution in [3.63, 3.8) is 0 Å². The van der Waals surface area contributed by atoms with Gasteiger partial charge in [-0.15, -0.1) is 0 Å². The summed E-state index contributed by atoms with van der Waals surface area (Å²) in [6, 6.07) is 0.